The standard InChI is InChI=1S/C23H28FN7O/c24-18-14-26-23(20-17-8-5-9-25-21(17)30-29-20)28-22(18)27-16-7-4-6-15(12-16)13-19(32)31-10-2-1-3-11-31/h5,8-9,14-16H,1-4,6-7,10-13H2,(H,25,29,30)(H,26,27,28)/t15-,16?/m1/s1. The smallest absolute Gasteiger partial charge is 0.222 e. The molecule has 0 bridgehead atoms. The molecule has 1 saturated heterocycles. The zero-order chi connectivity index (χ0) is 21.9. The third-order valence-electron chi connectivity index (χ3n) is 6.59. The van der Waals surface area contributed by atoms with E-state index >= 15 is 0 Å². The van der Waals surface area contributed by atoms with Crippen molar-refractivity contribution in [2.45, 2.75) is 57.4 Å². The SMILES string of the molecule is O=C(C[C@@H]1CCCC(Nc2nc(-c3[nH]nc4ncccc34)ncc2F)C1)N1CCCCC1. The minimum Gasteiger partial charge on any atom is -0.365 e. The molecule has 2 atom stereocenters. The van der Waals surface area contributed by atoms with Gasteiger partial charge in [0.15, 0.2) is 23.1 Å². The first-order chi connectivity index (χ1) is 15.7. The second-order valence-corrected chi connectivity index (χ2v) is 8.88. The van der Waals surface area contributed by atoms with Gasteiger partial charge in [-0.2, -0.15) is 5.10 Å². The van der Waals surface area contributed by atoms with Gasteiger partial charge < -0.3 is 10.2 Å². The predicted octanol–water partition coefficient (Wildman–Crippen LogP) is 3.93. The summed E-state index contributed by atoms with van der Waals surface area (Å²) in [6.45, 7) is 1.78. The van der Waals surface area contributed by atoms with Crippen LogP contribution in [0.15, 0.2) is 24.5 Å². The lowest BCUT2D eigenvalue weighted by molar-refractivity contribution is -0.133. The summed E-state index contributed by atoms with van der Waals surface area (Å²) in [6, 6.07) is 3.78. The molecule has 1 aliphatic heterocycles. The first-order valence-corrected chi connectivity index (χ1v) is 11.5. The van der Waals surface area contributed by atoms with Gasteiger partial charge in [-0.25, -0.2) is 19.3 Å². The van der Waals surface area contributed by atoms with Crippen molar-refractivity contribution in [3.8, 4) is 11.5 Å². The molecule has 4 heterocycles. The number of nitrogens with one attached hydrogen (secondary N) is 2. The fourth-order valence-electron chi connectivity index (χ4n) is 4.93. The lowest BCUT2D eigenvalue weighted by atomic mass is 9.83. The van der Waals surface area contributed by atoms with Gasteiger partial charge in [0.1, 0.15) is 5.69 Å². The summed E-state index contributed by atoms with van der Waals surface area (Å²) in [7, 11) is 0. The van der Waals surface area contributed by atoms with Crippen LogP contribution in [0.1, 0.15) is 51.4 Å². The summed E-state index contributed by atoms with van der Waals surface area (Å²) in [5, 5.41) is 11.2. The van der Waals surface area contributed by atoms with Crippen molar-refractivity contribution in [1.29, 1.82) is 0 Å². The first-order valence-electron chi connectivity index (χ1n) is 11.5. The number of halogens is 1. The Labute approximate surface area is 186 Å². The van der Waals surface area contributed by atoms with Crippen molar-refractivity contribution in [2.24, 2.45) is 5.92 Å². The van der Waals surface area contributed by atoms with E-state index in [9.17, 15) is 9.18 Å². The maximum absolute atomic E-state index is 14.5. The molecule has 2 N–H and O–H groups in total. The van der Waals surface area contributed by atoms with Gasteiger partial charge in [-0.1, -0.05) is 6.42 Å². The van der Waals surface area contributed by atoms with Gasteiger partial charge in [-0.15, -0.1) is 0 Å². The molecule has 1 aliphatic carbocycles. The number of rotatable bonds is 5. The van der Waals surface area contributed by atoms with Crippen LogP contribution >= 0.6 is 0 Å². The Morgan fingerprint density at radius 3 is 2.94 bits per heavy atom. The number of pyridine rings is 1. The predicted molar refractivity (Wildman–Crippen MR) is 119 cm³/mol. The molecule has 9 heteroatoms. The molecule has 3 aromatic rings. The van der Waals surface area contributed by atoms with Gasteiger partial charge in [0.05, 0.1) is 6.20 Å². The minimum atomic E-state index is -0.484. The van der Waals surface area contributed by atoms with Gasteiger partial charge in [-0.3, -0.25) is 9.89 Å². The molecular weight excluding hydrogens is 409 g/mol. The molecule has 2 fully saturated rings. The number of aromatic amines is 1. The van der Waals surface area contributed by atoms with E-state index in [0.717, 1.165) is 57.0 Å². The number of nitrogens with zero attached hydrogens (tertiary/aromatic N) is 5. The monoisotopic (exact) mass is 437 g/mol. The van der Waals surface area contributed by atoms with Crippen molar-refractivity contribution < 1.29 is 9.18 Å². The summed E-state index contributed by atoms with van der Waals surface area (Å²) in [5.74, 6) is 0.669. The molecule has 0 aromatic carbocycles. The normalized spacial score (nSPS) is 21.6. The Kier molecular flexibility index (Phi) is 5.96. The molecule has 3 aromatic heterocycles. The van der Waals surface area contributed by atoms with Crippen molar-refractivity contribution in [3.63, 3.8) is 0 Å². The van der Waals surface area contributed by atoms with Gasteiger partial charge in [0, 0.05) is 37.1 Å². The van der Waals surface area contributed by atoms with Crippen LogP contribution in [0, 0.1) is 11.7 Å². The molecule has 0 radical (unpaired) electrons. The van der Waals surface area contributed by atoms with Crippen LogP contribution in [-0.2, 0) is 4.79 Å². The fraction of sp³-hybridized carbons (Fsp3) is 0.522. The van der Waals surface area contributed by atoms with Gasteiger partial charge in [-0.05, 0) is 56.6 Å². The summed E-state index contributed by atoms with van der Waals surface area (Å²) in [5.41, 5.74) is 1.18. The Morgan fingerprint density at radius 1 is 1.19 bits per heavy atom. The second kappa shape index (κ2) is 9.18. The number of hydrogen-bond donors (Lipinski definition) is 2. The number of hydrogen-bond acceptors (Lipinski definition) is 6. The lowest BCUT2D eigenvalue weighted by Gasteiger charge is -2.32. The molecule has 1 amide bonds. The summed E-state index contributed by atoms with van der Waals surface area (Å²) in [6.07, 6.45) is 10.7. The van der Waals surface area contributed by atoms with Crippen LogP contribution in [0.2, 0.25) is 0 Å². The van der Waals surface area contributed by atoms with Crippen molar-refractivity contribution >= 4 is 22.8 Å². The number of piperidine rings is 1. The highest BCUT2D eigenvalue weighted by molar-refractivity contribution is 5.88. The third-order valence-corrected chi connectivity index (χ3v) is 6.59. The second-order valence-electron chi connectivity index (χ2n) is 8.88. The van der Waals surface area contributed by atoms with E-state index in [4.69, 9.17) is 0 Å². The average molecular weight is 438 g/mol. The number of fused-ring (bicyclic) bond motifs is 1. The average Bonchev–Trinajstić information content (AvgIpc) is 3.26. The molecule has 2 aliphatic rings. The number of H-pyrrole nitrogens is 1. The van der Waals surface area contributed by atoms with Crippen molar-refractivity contribution in [3.05, 3.63) is 30.3 Å². The maximum Gasteiger partial charge on any atom is 0.222 e. The first kappa shape index (κ1) is 20.8. The number of amides is 1. The van der Waals surface area contributed by atoms with Crippen LogP contribution in [0.25, 0.3) is 22.6 Å². The topological polar surface area (TPSA) is 99.7 Å². The van der Waals surface area contributed by atoms with Gasteiger partial charge in [0.2, 0.25) is 5.91 Å². The molecular formula is C23H28FN7O. The maximum atomic E-state index is 14.5. The molecule has 5 rings (SSSR count). The Bertz CT molecular complexity index is 1090. The molecule has 1 unspecified atom stereocenters. The molecule has 0 spiro atoms. The highest BCUT2D eigenvalue weighted by Crippen LogP contribution is 2.31. The van der Waals surface area contributed by atoms with E-state index in [0.29, 0.717) is 29.5 Å². The zero-order valence-electron chi connectivity index (χ0n) is 18.1. The van der Waals surface area contributed by atoms with E-state index in [1.807, 2.05) is 17.0 Å². The third kappa shape index (κ3) is 4.42. The van der Waals surface area contributed by atoms with Crippen LogP contribution < -0.4 is 5.32 Å². The van der Waals surface area contributed by atoms with E-state index in [1.54, 1.807) is 6.20 Å². The molecule has 168 valence electrons. The number of carbonyl (C=O) groups excluding carboxylic acids is 1. The minimum absolute atomic E-state index is 0.0836. The Hall–Kier alpha value is -3.10. The van der Waals surface area contributed by atoms with Gasteiger partial charge >= 0.3 is 0 Å². The zero-order valence-corrected chi connectivity index (χ0v) is 18.1. The molecule has 32 heavy (non-hydrogen) atoms. The summed E-state index contributed by atoms with van der Waals surface area (Å²) >= 11 is 0. The van der Waals surface area contributed by atoms with Gasteiger partial charge in [0.25, 0.3) is 0 Å². The van der Waals surface area contributed by atoms with Crippen molar-refractivity contribution in [2.75, 3.05) is 18.4 Å². The quantitative estimate of drug-likeness (QED) is 0.627. The lowest BCUT2D eigenvalue weighted by Crippen LogP contribution is -2.38. The molecule has 8 nitrogen and oxygen atoms in total. The van der Waals surface area contributed by atoms with E-state index in [1.165, 1.54) is 12.6 Å². The highest BCUT2D eigenvalue weighted by Gasteiger charge is 2.27. The number of anilines is 1. The van der Waals surface area contributed by atoms with Crippen LogP contribution in [-0.4, -0.2) is 55.1 Å². The Balaban J connectivity index is 1.27. The van der Waals surface area contributed by atoms with Crippen LogP contribution in [0.3, 0.4) is 0 Å². The van der Waals surface area contributed by atoms with Crippen LogP contribution in [0.4, 0.5) is 10.2 Å². The van der Waals surface area contributed by atoms with E-state index in [2.05, 4.69) is 30.5 Å². The van der Waals surface area contributed by atoms with E-state index < -0.39 is 5.82 Å². The number of likely N-dealkylation sites (tertiary alicyclic amines) is 1. The number of carbonyl (C=O) groups is 1. The largest absolute Gasteiger partial charge is 0.365 e. The van der Waals surface area contributed by atoms with Crippen molar-refractivity contribution in [1.82, 2.24) is 30.0 Å². The molecule has 1 saturated carbocycles. The highest BCUT2D eigenvalue weighted by atomic mass is 19.1. The fourth-order valence-corrected chi connectivity index (χ4v) is 4.93. The number of aromatic nitrogens is 5. The van der Waals surface area contributed by atoms with Crippen LogP contribution in [0.5, 0.6) is 0 Å². The van der Waals surface area contributed by atoms with E-state index in [-0.39, 0.29) is 17.8 Å². The Morgan fingerprint density at radius 2 is 2.06 bits per heavy atom. The summed E-state index contributed by atoms with van der Waals surface area (Å²) < 4.78 is 14.5. The summed E-state index contributed by atoms with van der Waals surface area (Å²) in [4.78, 5) is 27.5.